The molecule has 11 aromatic rings. The Morgan fingerprint density at radius 3 is 1.62 bits per heavy atom. The van der Waals surface area contributed by atoms with E-state index in [9.17, 15) is 0 Å². The van der Waals surface area contributed by atoms with Crippen molar-refractivity contribution in [2.45, 2.75) is 19.3 Å². The Morgan fingerprint density at radius 1 is 0.317 bits per heavy atom. The summed E-state index contributed by atoms with van der Waals surface area (Å²) in [5.41, 5.74) is 17.4. The van der Waals surface area contributed by atoms with Crippen molar-refractivity contribution in [2.24, 2.45) is 0 Å². The average Bonchev–Trinajstić information content (AvgIpc) is 3.59. The maximum Gasteiger partial charge on any atom is 0.160 e. The number of hydrogen-bond donors (Lipinski definition) is 0. The van der Waals surface area contributed by atoms with Crippen LogP contribution in [-0.4, -0.2) is 9.97 Å². The summed E-state index contributed by atoms with van der Waals surface area (Å²) in [6.07, 6.45) is 0. The second-order valence-electron chi connectivity index (χ2n) is 17.2. The zero-order valence-electron chi connectivity index (χ0n) is 35.2. The molecule has 0 unspecified atom stereocenters. The van der Waals surface area contributed by atoms with E-state index in [2.05, 4.69) is 226 Å². The van der Waals surface area contributed by atoms with E-state index in [0.29, 0.717) is 5.82 Å². The van der Waals surface area contributed by atoms with Crippen molar-refractivity contribution in [3.05, 3.63) is 230 Å². The molecule has 0 radical (unpaired) electrons. The minimum Gasteiger partial charge on any atom is -0.228 e. The van der Waals surface area contributed by atoms with Crippen LogP contribution in [0.1, 0.15) is 25.0 Å². The molecule has 2 nitrogen and oxygen atoms in total. The van der Waals surface area contributed by atoms with Crippen molar-refractivity contribution in [1.29, 1.82) is 0 Å². The van der Waals surface area contributed by atoms with Gasteiger partial charge in [0.05, 0.1) is 11.4 Å². The molecule has 1 aromatic heterocycles. The van der Waals surface area contributed by atoms with Crippen molar-refractivity contribution < 1.29 is 0 Å². The molecule has 0 saturated carbocycles. The van der Waals surface area contributed by atoms with E-state index in [1.807, 2.05) is 6.07 Å². The highest BCUT2D eigenvalue weighted by Gasteiger charge is 2.37. The predicted octanol–water partition coefficient (Wildman–Crippen LogP) is 16.2. The number of fused-ring (bicyclic) bond motifs is 7. The van der Waals surface area contributed by atoms with Gasteiger partial charge in [0, 0.05) is 22.1 Å². The van der Waals surface area contributed by atoms with Gasteiger partial charge in [-0.1, -0.05) is 226 Å². The van der Waals surface area contributed by atoms with E-state index >= 15 is 0 Å². The van der Waals surface area contributed by atoms with Crippen LogP contribution in [0.5, 0.6) is 0 Å². The van der Waals surface area contributed by atoms with Gasteiger partial charge >= 0.3 is 0 Å². The zero-order chi connectivity index (χ0) is 42.1. The van der Waals surface area contributed by atoms with Gasteiger partial charge in [0.25, 0.3) is 0 Å². The number of benzene rings is 10. The first-order chi connectivity index (χ1) is 31.0. The normalized spacial score (nSPS) is 12.7. The molecule has 0 aliphatic heterocycles. The minimum absolute atomic E-state index is 0.0953. The third-order valence-corrected chi connectivity index (χ3v) is 13.3. The van der Waals surface area contributed by atoms with Crippen LogP contribution in [0.4, 0.5) is 0 Å². The van der Waals surface area contributed by atoms with Gasteiger partial charge < -0.3 is 0 Å². The molecule has 12 rings (SSSR count). The predicted molar refractivity (Wildman–Crippen MR) is 265 cm³/mol. The number of nitrogens with zero attached hydrogens (tertiary/aromatic N) is 2. The Morgan fingerprint density at radius 2 is 0.857 bits per heavy atom. The third-order valence-electron chi connectivity index (χ3n) is 13.3. The zero-order valence-corrected chi connectivity index (χ0v) is 35.2. The lowest BCUT2D eigenvalue weighted by atomic mass is 9.81. The summed E-state index contributed by atoms with van der Waals surface area (Å²) in [7, 11) is 0. The highest BCUT2D eigenvalue weighted by atomic mass is 14.9. The van der Waals surface area contributed by atoms with E-state index in [0.717, 1.165) is 33.6 Å². The molecule has 0 spiro atoms. The largest absolute Gasteiger partial charge is 0.228 e. The van der Waals surface area contributed by atoms with Crippen LogP contribution in [-0.2, 0) is 5.41 Å². The summed E-state index contributed by atoms with van der Waals surface area (Å²) in [4.78, 5) is 10.6. The Labute approximate surface area is 367 Å². The maximum atomic E-state index is 5.33. The summed E-state index contributed by atoms with van der Waals surface area (Å²) in [6.45, 7) is 4.68. The van der Waals surface area contributed by atoms with Crippen LogP contribution in [0, 0.1) is 0 Å². The SMILES string of the molecule is CC1(C)c2ccccc2-c2c(-c3ccccc3-c3cc(-c4ccc(-c5c6ccccc6c(-c6ccccc6)c6c5ccc5ccccc56)cc4)nc(-c4ccccc4)n3)cccc21. The summed E-state index contributed by atoms with van der Waals surface area (Å²) < 4.78 is 0. The Balaban J connectivity index is 1.04. The molecule has 63 heavy (non-hydrogen) atoms. The first-order valence-electron chi connectivity index (χ1n) is 21.8. The molecule has 0 N–H and O–H groups in total. The van der Waals surface area contributed by atoms with Crippen LogP contribution < -0.4 is 0 Å². The smallest absolute Gasteiger partial charge is 0.160 e. The number of aromatic nitrogens is 2. The Hall–Kier alpha value is -7.94. The van der Waals surface area contributed by atoms with Gasteiger partial charge in [-0.15, -0.1) is 0 Å². The summed E-state index contributed by atoms with van der Waals surface area (Å²) >= 11 is 0. The lowest BCUT2D eigenvalue weighted by molar-refractivity contribution is 0.660. The molecule has 10 aromatic carbocycles. The van der Waals surface area contributed by atoms with Crippen LogP contribution in [0.25, 0.3) is 111 Å². The van der Waals surface area contributed by atoms with Gasteiger partial charge in [-0.3, -0.25) is 0 Å². The van der Waals surface area contributed by atoms with Crippen LogP contribution in [0.3, 0.4) is 0 Å². The molecule has 0 atom stereocenters. The van der Waals surface area contributed by atoms with Gasteiger partial charge in [-0.25, -0.2) is 9.97 Å². The van der Waals surface area contributed by atoms with E-state index < -0.39 is 0 Å². The molecular formula is C61H42N2. The third kappa shape index (κ3) is 5.94. The molecule has 0 bridgehead atoms. The molecule has 1 aliphatic carbocycles. The van der Waals surface area contributed by atoms with Gasteiger partial charge in [-0.2, -0.15) is 0 Å². The van der Waals surface area contributed by atoms with Crippen molar-refractivity contribution in [2.75, 3.05) is 0 Å². The molecule has 2 heteroatoms. The van der Waals surface area contributed by atoms with Gasteiger partial charge in [0.2, 0.25) is 0 Å². The lowest BCUT2D eigenvalue weighted by Gasteiger charge is -2.22. The first kappa shape index (κ1) is 36.9. The van der Waals surface area contributed by atoms with E-state index in [-0.39, 0.29) is 5.41 Å². The molecule has 0 saturated heterocycles. The van der Waals surface area contributed by atoms with Crippen molar-refractivity contribution in [3.8, 4) is 78.4 Å². The Bertz CT molecular complexity index is 3570. The van der Waals surface area contributed by atoms with E-state index in [4.69, 9.17) is 9.97 Å². The second-order valence-corrected chi connectivity index (χ2v) is 17.2. The summed E-state index contributed by atoms with van der Waals surface area (Å²) in [6, 6.07) is 79.1. The highest BCUT2D eigenvalue weighted by molar-refractivity contribution is 6.27. The summed E-state index contributed by atoms with van der Waals surface area (Å²) in [5, 5.41) is 7.49. The lowest BCUT2D eigenvalue weighted by Crippen LogP contribution is -2.14. The average molecular weight is 803 g/mol. The fourth-order valence-corrected chi connectivity index (χ4v) is 10.3. The quantitative estimate of drug-likeness (QED) is 0.124. The molecule has 1 aliphatic rings. The van der Waals surface area contributed by atoms with Crippen LogP contribution in [0.15, 0.2) is 218 Å². The monoisotopic (exact) mass is 802 g/mol. The number of hydrogen-bond acceptors (Lipinski definition) is 2. The highest BCUT2D eigenvalue weighted by Crippen LogP contribution is 2.53. The summed E-state index contributed by atoms with van der Waals surface area (Å²) in [5.74, 6) is 0.701. The molecule has 0 amide bonds. The fraction of sp³-hybridized carbons (Fsp3) is 0.0492. The van der Waals surface area contributed by atoms with E-state index in [1.54, 1.807) is 0 Å². The van der Waals surface area contributed by atoms with Gasteiger partial charge in [0.15, 0.2) is 5.82 Å². The standard InChI is InChI=1S/C61H42N2/c1-61(2)52-30-16-15-28-50(52)58-47(29-17-31-53(58)61)45-24-11-12-25-46(45)55-38-54(62-60(63-55)43-21-7-4-8-22-43)40-32-34-42(35-33-40)56-48-26-13-14-27-49(48)57(41-19-5-3-6-20-41)59-44-23-10-9-18-39(44)36-37-51(56)59/h3-38H,1-2H3. The van der Waals surface area contributed by atoms with Crippen molar-refractivity contribution >= 4 is 32.3 Å². The van der Waals surface area contributed by atoms with Crippen LogP contribution >= 0.6 is 0 Å². The molecule has 1 heterocycles. The minimum atomic E-state index is -0.0953. The van der Waals surface area contributed by atoms with E-state index in [1.165, 1.54) is 82.4 Å². The number of rotatable bonds is 6. The first-order valence-corrected chi connectivity index (χ1v) is 21.8. The molecular weight excluding hydrogens is 761 g/mol. The topological polar surface area (TPSA) is 25.8 Å². The van der Waals surface area contributed by atoms with Crippen LogP contribution in [0.2, 0.25) is 0 Å². The second kappa shape index (κ2) is 14.6. The van der Waals surface area contributed by atoms with Crippen molar-refractivity contribution in [3.63, 3.8) is 0 Å². The molecule has 0 fully saturated rings. The van der Waals surface area contributed by atoms with Crippen molar-refractivity contribution in [1.82, 2.24) is 9.97 Å². The Kier molecular flexibility index (Phi) is 8.55. The van der Waals surface area contributed by atoms with Gasteiger partial charge in [0.1, 0.15) is 0 Å². The molecule has 296 valence electrons. The van der Waals surface area contributed by atoms with Gasteiger partial charge in [-0.05, 0) is 94.0 Å². The fourth-order valence-electron chi connectivity index (χ4n) is 10.3. The maximum absolute atomic E-state index is 5.33.